The normalized spacial score (nSPS) is 21.3. The Labute approximate surface area is 194 Å². The molecule has 6 rings (SSSR count). The van der Waals surface area contributed by atoms with Gasteiger partial charge in [0.15, 0.2) is 0 Å². The van der Waals surface area contributed by atoms with Crippen LogP contribution in [0.1, 0.15) is 29.0 Å². The van der Waals surface area contributed by atoms with Gasteiger partial charge < -0.3 is 25.4 Å². The topological polar surface area (TPSA) is 102 Å². The van der Waals surface area contributed by atoms with Crippen LogP contribution in [0.2, 0.25) is 0 Å². The van der Waals surface area contributed by atoms with E-state index in [0.29, 0.717) is 35.7 Å². The summed E-state index contributed by atoms with van der Waals surface area (Å²) in [7, 11) is 0. The van der Waals surface area contributed by atoms with E-state index in [1.54, 1.807) is 30.5 Å². The van der Waals surface area contributed by atoms with E-state index in [2.05, 4.69) is 20.9 Å². The van der Waals surface area contributed by atoms with Gasteiger partial charge in [0, 0.05) is 35.9 Å². The number of benzene rings is 2. The molecule has 1 unspecified atom stereocenters. The molecule has 3 aliphatic rings. The van der Waals surface area contributed by atoms with Crippen LogP contribution in [-0.2, 0) is 17.8 Å². The average molecular weight is 460 g/mol. The van der Waals surface area contributed by atoms with Gasteiger partial charge >= 0.3 is 6.03 Å². The Balaban J connectivity index is 1.11. The lowest BCUT2D eigenvalue weighted by Gasteiger charge is -2.19. The number of halogens is 1. The minimum absolute atomic E-state index is 0.0309. The molecule has 2 aliphatic heterocycles. The smallest absolute Gasteiger partial charge is 0.315 e. The van der Waals surface area contributed by atoms with Crippen LogP contribution in [-0.4, -0.2) is 29.1 Å². The number of carbonyl (C=O) groups is 2. The summed E-state index contributed by atoms with van der Waals surface area (Å²) in [5.74, 6) is 2.23. The lowest BCUT2D eigenvalue weighted by atomic mass is 10.1. The molecular weight excluding hydrogens is 439 g/mol. The number of hydrogen-bond acceptors (Lipinski definition) is 5. The number of carbonyl (C=O) groups excluding carboxylic acids is 2. The van der Waals surface area contributed by atoms with Gasteiger partial charge in [-0.05, 0) is 36.8 Å². The second kappa shape index (κ2) is 8.02. The number of fused-ring (bicyclic) bond motifs is 4. The molecule has 9 heteroatoms. The summed E-state index contributed by atoms with van der Waals surface area (Å²) in [6, 6.07) is 13.2. The van der Waals surface area contributed by atoms with Crippen molar-refractivity contribution in [2.75, 3.05) is 5.32 Å². The Bertz CT molecular complexity index is 1310. The van der Waals surface area contributed by atoms with E-state index < -0.39 is 0 Å². The molecule has 0 bridgehead atoms. The first-order chi connectivity index (χ1) is 16.6. The summed E-state index contributed by atoms with van der Waals surface area (Å²) in [5.41, 5.74) is 2.27. The molecule has 1 fully saturated rings. The first-order valence-electron chi connectivity index (χ1n) is 11.1. The van der Waals surface area contributed by atoms with Crippen molar-refractivity contribution in [3.63, 3.8) is 0 Å². The minimum Gasteiger partial charge on any atom is -0.487 e. The van der Waals surface area contributed by atoms with Crippen LogP contribution >= 0.6 is 0 Å². The number of ether oxygens (including phenoxy) is 2. The van der Waals surface area contributed by atoms with Crippen molar-refractivity contribution in [3.05, 3.63) is 77.2 Å². The third-order valence-electron chi connectivity index (χ3n) is 6.35. The average Bonchev–Trinajstić information content (AvgIpc) is 3.34. The highest BCUT2D eigenvalue weighted by atomic mass is 19.1. The number of hydrogen-bond donors (Lipinski definition) is 3. The molecule has 0 spiro atoms. The molecule has 2 aromatic carbocycles. The molecule has 1 aromatic heterocycles. The zero-order valence-corrected chi connectivity index (χ0v) is 18.0. The number of pyridine rings is 1. The van der Waals surface area contributed by atoms with E-state index >= 15 is 0 Å². The summed E-state index contributed by atoms with van der Waals surface area (Å²) in [5, 5.41) is 8.38. The van der Waals surface area contributed by atoms with E-state index in [4.69, 9.17) is 9.47 Å². The summed E-state index contributed by atoms with van der Waals surface area (Å²) in [6.45, 7) is 0.104. The standard InChI is InChI=1S/C25H21FN4O4/c26-17-4-2-1-3-13(17)12-28-25(32)30-22-21-16-11-14(5-7-18(16)34-23(21)22)33-19-9-10-27-24-15(19)6-8-20(31)29-24/h1-5,7,9-11,21-23H,6,8,12H2,(H,27,29,31)(H2,28,30,32)/t21-,22?,23-/m0/s1. The number of rotatable bonds is 5. The van der Waals surface area contributed by atoms with Gasteiger partial charge in [0.05, 0.1) is 12.0 Å². The van der Waals surface area contributed by atoms with Gasteiger partial charge in [-0.25, -0.2) is 14.2 Å². The molecular formula is C25H21FN4O4. The molecule has 1 aliphatic carbocycles. The van der Waals surface area contributed by atoms with Crippen molar-refractivity contribution >= 4 is 17.8 Å². The zero-order valence-electron chi connectivity index (χ0n) is 18.0. The van der Waals surface area contributed by atoms with Crippen molar-refractivity contribution < 1.29 is 23.5 Å². The fourth-order valence-corrected chi connectivity index (χ4v) is 4.58. The molecule has 3 heterocycles. The van der Waals surface area contributed by atoms with Gasteiger partial charge in [0.25, 0.3) is 0 Å². The first kappa shape index (κ1) is 20.5. The van der Waals surface area contributed by atoms with E-state index in [1.807, 2.05) is 18.2 Å². The third-order valence-corrected chi connectivity index (χ3v) is 6.35. The molecule has 3 atom stereocenters. The predicted molar refractivity (Wildman–Crippen MR) is 120 cm³/mol. The SMILES string of the molecule is O=C1CCc2c(Oc3ccc4c(c3)[C@H]3C(NC(=O)NCc5ccccc5F)[C@H]3O4)ccnc2N1. The van der Waals surface area contributed by atoms with Gasteiger partial charge in [-0.1, -0.05) is 18.2 Å². The quantitative estimate of drug-likeness (QED) is 0.540. The summed E-state index contributed by atoms with van der Waals surface area (Å²) in [6.07, 6.45) is 2.43. The highest BCUT2D eigenvalue weighted by molar-refractivity contribution is 5.93. The van der Waals surface area contributed by atoms with E-state index in [0.717, 1.165) is 16.9 Å². The largest absolute Gasteiger partial charge is 0.487 e. The second-order valence-electron chi connectivity index (χ2n) is 8.54. The minimum atomic E-state index is -0.370. The van der Waals surface area contributed by atoms with Crippen LogP contribution in [0, 0.1) is 5.82 Å². The second-order valence-corrected chi connectivity index (χ2v) is 8.54. The summed E-state index contributed by atoms with van der Waals surface area (Å²) < 4.78 is 25.9. The van der Waals surface area contributed by atoms with Crippen LogP contribution < -0.4 is 25.4 Å². The highest BCUT2D eigenvalue weighted by Gasteiger charge is 2.59. The Morgan fingerprint density at radius 1 is 1.21 bits per heavy atom. The van der Waals surface area contributed by atoms with Crippen LogP contribution in [0.4, 0.5) is 15.0 Å². The van der Waals surface area contributed by atoms with E-state index in [9.17, 15) is 14.0 Å². The van der Waals surface area contributed by atoms with Gasteiger partial charge in [-0.3, -0.25) is 4.79 Å². The summed E-state index contributed by atoms with van der Waals surface area (Å²) in [4.78, 5) is 28.2. The van der Waals surface area contributed by atoms with Crippen molar-refractivity contribution in [2.45, 2.75) is 37.5 Å². The van der Waals surface area contributed by atoms with Crippen LogP contribution in [0.25, 0.3) is 0 Å². The predicted octanol–water partition coefficient (Wildman–Crippen LogP) is 3.62. The number of anilines is 1. The van der Waals surface area contributed by atoms with Crippen LogP contribution in [0.15, 0.2) is 54.7 Å². The lowest BCUT2D eigenvalue weighted by Crippen LogP contribution is -2.38. The van der Waals surface area contributed by atoms with Crippen molar-refractivity contribution in [2.24, 2.45) is 0 Å². The van der Waals surface area contributed by atoms with Crippen LogP contribution in [0.5, 0.6) is 17.2 Å². The van der Waals surface area contributed by atoms with E-state index in [1.165, 1.54) is 6.07 Å². The molecule has 172 valence electrons. The lowest BCUT2D eigenvalue weighted by molar-refractivity contribution is -0.116. The first-order valence-corrected chi connectivity index (χ1v) is 11.1. The van der Waals surface area contributed by atoms with Gasteiger partial charge in [-0.2, -0.15) is 0 Å². The highest BCUT2D eigenvalue weighted by Crippen LogP contribution is 2.54. The number of nitrogens with one attached hydrogen (secondary N) is 3. The molecule has 1 saturated carbocycles. The van der Waals surface area contributed by atoms with E-state index in [-0.39, 0.29) is 42.4 Å². The molecule has 0 radical (unpaired) electrons. The van der Waals surface area contributed by atoms with Gasteiger partial charge in [-0.15, -0.1) is 0 Å². The molecule has 34 heavy (non-hydrogen) atoms. The van der Waals surface area contributed by atoms with Crippen molar-refractivity contribution in [1.29, 1.82) is 0 Å². The number of nitrogens with zero attached hydrogens (tertiary/aromatic N) is 1. The van der Waals surface area contributed by atoms with Crippen LogP contribution in [0.3, 0.4) is 0 Å². The Morgan fingerprint density at radius 2 is 2.09 bits per heavy atom. The Morgan fingerprint density at radius 3 is 2.97 bits per heavy atom. The van der Waals surface area contributed by atoms with Gasteiger partial charge in [0.2, 0.25) is 5.91 Å². The maximum Gasteiger partial charge on any atom is 0.315 e. The Kier molecular flexibility index (Phi) is 4.83. The van der Waals surface area contributed by atoms with Gasteiger partial charge in [0.1, 0.15) is 35.0 Å². The molecule has 8 nitrogen and oxygen atoms in total. The fourth-order valence-electron chi connectivity index (χ4n) is 4.58. The molecule has 3 amide bonds. The number of aromatic nitrogens is 1. The maximum atomic E-state index is 13.7. The Hall–Kier alpha value is -4.14. The fraction of sp³-hybridized carbons (Fsp3) is 0.240. The molecule has 0 saturated heterocycles. The molecule has 3 aromatic rings. The number of urea groups is 1. The zero-order chi connectivity index (χ0) is 23.2. The maximum absolute atomic E-state index is 13.7. The van der Waals surface area contributed by atoms with Crippen molar-refractivity contribution in [1.82, 2.24) is 15.6 Å². The number of amides is 3. The van der Waals surface area contributed by atoms with Crippen molar-refractivity contribution in [3.8, 4) is 17.2 Å². The third kappa shape index (κ3) is 3.68. The monoisotopic (exact) mass is 460 g/mol. The summed E-state index contributed by atoms with van der Waals surface area (Å²) >= 11 is 0. The molecule has 3 N–H and O–H groups in total.